The van der Waals surface area contributed by atoms with E-state index >= 15 is 0 Å². The molecule has 0 radical (unpaired) electrons. The van der Waals surface area contributed by atoms with E-state index in [9.17, 15) is 4.79 Å². The maximum Gasteiger partial charge on any atom is 0.241 e. The second-order valence-electron chi connectivity index (χ2n) is 6.65. The molecule has 2 N–H and O–H groups in total. The highest BCUT2D eigenvalue weighted by Gasteiger charge is 2.24. The Kier molecular flexibility index (Phi) is 5.74. The molecule has 0 aliphatic heterocycles. The minimum absolute atomic E-state index is 0.00247. The standard InChI is InChI=1S/C15H28N4O/c1-11(2)7-15(3,4)10-17-14(20)13(16-5)12-8-18-19(6)9-12/h8-9,11,13,16H,7,10H2,1-6H3,(H,17,20). The lowest BCUT2D eigenvalue weighted by Gasteiger charge is -2.28. The first-order valence-corrected chi connectivity index (χ1v) is 7.18. The van der Waals surface area contributed by atoms with Gasteiger partial charge in [-0.25, -0.2) is 0 Å². The van der Waals surface area contributed by atoms with Crippen molar-refractivity contribution in [3.05, 3.63) is 18.0 Å². The van der Waals surface area contributed by atoms with Crippen molar-refractivity contribution in [1.82, 2.24) is 20.4 Å². The van der Waals surface area contributed by atoms with E-state index in [0.717, 1.165) is 12.0 Å². The van der Waals surface area contributed by atoms with Gasteiger partial charge in [0.25, 0.3) is 0 Å². The highest BCUT2D eigenvalue weighted by molar-refractivity contribution is 5.83. The van der Waals surface area contributed by atoms with Crippen LogP contribution in [-0.4, -0.2) is 29.3 Å². The molecule has 0 spiro atoms. The molecule has 0 aliphatic rings. The van der Waals surface area contributed by atoms with Gasteiger partial charge in [0.05, 0.1) is 6.20 Å². The van der Waals surface area contributed by atoms with Crippen molar-refractivity contribution in [3.8, 4) is 0 Å². The van der Waals surface area contributed by atoms with Gasteiger partial charge in [0.15, 0.2) is 0 Å². The lowest BCUT2D eigenvalue weighted by molar-refractivity contribution is -0.123. The van der Waals surface area contributed by atoms with Crippen LogP contribution in [0.4, 0.5) is 0 Å². The molecule has 0 saturated heterocycles. The van der Waals surface area contributed by atoms with Gasteiger partial charge in [-0.2, -0.15) is 5.10 Å². The Morgan fingerprint density at radius 1 is 1.45 bits per heavy atom. The van der Waals surface area contributed by atoms with Crippen molar-refractivity contribution >= 4 is 5.91 Å². The molecule has 0 saturated carbocycles. The molecule has 1 aromatic rings. The second-order valence-corrected chi connectivity index (χ2v) is 6.65. The Hall–Kier alpha value is -1.36. The summed E-state index contributed by atoms with van der Waals surface area (Å²) < 4.78 is 1.70. The van der Waals surface area contributed by atoms with E-state index in [0.29, 0.717) is 12.5 Å². The van der Waals surface area contributed by atoms with Crippen molar-refractivity contribution < 1.29 is 4.79 Å². The SMILES string of the molecule is CNC(C(=O)NCC(C)(C)CC(C)C)c1cnn(C)c1. The summed E-state index contributed by atoms with van der Waals surface area (Å²) in [5.41, 5.74) is 0.992. The van der Waals surface area contributed by atoms with Crippen LogP contribution < -0.4 is 10.6 Å². The summed E-state index contributed by atoms with van der Waals surface area (Å²) in [4.78, 5) is 12.3. The van der Waals surface area contributed by atoms with Crippen LogP contribution in [0.1, 0.15) is 45.7 Å². The number of carbonyl (C=O) groups is 1. The average molecular weight is 280 g/mol. The molecule has 20 heavy (non-hydrogen) atoms. The predicted octanol–water partition coefficient (Wildman–Crippen LogP) is 1.87. The fourth-order valence-corrected chi connectivity index (χ4v) is 2.64. The molecule has 0 fully saturated rings. The highest BCUT2D eigenvalue weighted by Crippen LogP contribution is 2.24. The minimum atomic E-state index is -0.349. The van der Waals surface area contributed by atoms with Crippen LogP contribution in [0.5, 0.6) is 0 Å². The van der Waals surface area contributed by atoms with E-state index in [4.69, 9.17) is 0 Å². The topological polar surface area (TPSA) is 59.0 Å². The molecular formula is C15H28N4O. The third kappa shape index (κ3) is 4.96. The first kappa shape index (κ1) is 16.7. The number of aromatic nitrogens is 2. The molecule has 1 heterocycles. The Balaban J connectivity index is 2.60. The molecule has 0 bridgehead atoms. The highest BCUT2D eigenvalue weighted by atomic mass is 16.2. The zero-order valence-corrected chi connectivity index (χ0v) is 13.5. The zero-order chi connectivity index (χ0) is 15.3. The summed E-state index contributed by atoms with van der Waals surface area (Å²) in [5, 5.41) is 10.2. The lowest BCUT2D eigenvalue weighted by atomic mass is 9.84. The van der Waals surface area contributed by atoms with Crippen LogP contribution >= 0.6 is 0 Å². The molecule has 1 atom stereocenters. The lowest BCUT2D eigenvalue weighted by Crippen LogP contribution is -2.40. The smallest absolute Gasteiger partial charge is 0.241 e. The second kappa shape index (κ2) is 6.88. The number of hydrogen-bond donors (Lipinski definition) is 2. The van der Waals surface area contributed by atoms with E-state index < -0.39 is 0 Å². The van der Waals surface area contributed by atoms with Gasteiger partial charge in [-0.3, -0.25) is 9.48 Å². The number of aryl methyl sites for hydroxylation is 1. The van der Waals surface area contributed by atoms with Gasteiger partial charge in [-0.15, -0.1) is 0 Å². The summed E-state index contributed by atoms with van der Waals surface area (Å²) in [6.07, 6.45) is 4.67. The van der Waals surface area contributed by atoms with E-state index in [1.807, 2.05) is 13.2 Å². The predicted molar refractivity (Wildman–Crippen MR) is 81.3 cm³/mol. The Morgan fingerprint density at radius 3 is 2.55 bits per heavy atom. The number of nitrogens with zero attached hydrogens (tertiary/aromatic N) is 2. The third-order valence-electron chi connectivity index (χ3n) is 3.31. The summed E-state index contributed by atoms with van der Waals surface area (Å²) in [6.45, 7) is 9.46. The number of nitrogens with one attached hydrogen (secondary N) is 2. The van der Waals surface area contributed by atoms with Crippen molar-refractivity contribution in [2.45, 2.75) is 40.2 Å². The largest absolute Gasteiger partial charge is 0.354 e. The fourth-order valence-electron chi connectivity index (χ4n) is 2.64. The maximum absolute atomic E-state index is 12.3. The molecule has 1 aromatic heterocycles. The molecule has 1 rings (SSSR count). The van der Waals surface area contributed by atoms with Gasteiger partial charge >= 0.3 is 0 Å². The van der Waals surface area contributed by atoms with E-state index in [1.165, 1.54) is 0 Å². The van der Waals surface area contributed by atoms with Crippen LogP contribution in [0.25, 0.3) is 0 Å². The average Bonchev–Trinajstić information content (AvgIpc) is 2.72. The van der Waals surface area contributed by atoms with Gasteiger partial charge in [0, 0.05) is 25.4 Å². The van der Waals surface area contributed by atoms with Crippen LogP contribution in [-0.2, 0) is 11.8 Å². The minimum Gasteiger partial charge on any atom is -0.354 e. The van der Waals surface area contributed by atoms with Gasteiger partial charge < -0.3 is 10.6 Å². The summed E-state index contributed by atoms with van der Waals surface area (Å²) in [7, 11) is 3.64. The zero-order valence-electron chi connectivity index (χ0n) is 13.5. The first-order valence-electron chi connectivity index (χ1n) is 7.18. The van der Waals surface area contributed by atoms with Crippen LogP contribution in [0.15, 0.2) is 12.4 Å². The van der Waals surface area contributed by atoms with E-state index in [-0.39, 0.29) is 17.4 Å². The molecule has 5 heteroatoms. The monoisotopic (exact) mass is 280 g/mol. The molecule has 1 unspecified atom stereocenters. The number of carbonyl (C=O) groups excluding carboxylic acids is 1. The van der Waals surface area contributed by atoms with Crippen LogP contribution in [0.3, 0.4) is 0 Å². The van der Waals surface area contributed by atoms with Crippen molar-refractivity contribution in [3.63, 3.8) is 0 Å². The number of likely N-dealkylation sites (N-methyl/N-ethyl adjacent to an activating group) is 1. The number of hydrogen-bond acceptors (Lipinski definition) is 3. The van der Waals surface area contributed by atoms with Crippen LogP contribution in [0, 0.1) is 11.3 Å². The van der Waals surface area contributed by atoms with E-state index in [2.05, 4.69) is 43.4 Å². The van der Waals surface area contributed by atoms with Gasteiger partial charge in [0.1, 0.15) is 6.04 Å². The molecular weight excluding hydrogens is 252 g/mol. The summed E-state index contributed by atoms with van der Waals surface area (Å²) >= 11 is 0. The molecule has 1 amide bonds. The van der Waals surface area contributed by atoms with Gasteiger partial charge in [-0.05, 0) is 24.8 Å². The fraction of sp³-hybridized carbons (Fsp3) is 0.733. The van der Waals surface area contributed by atoms with Crippen LogP contribution in [0.2, 0.25) is 0 Å². The molecule has 0 aromatic carbocycles. The molecule has 114 valence electrons. The van der Waals surface area contributed by atoms with E-state index in [1.54, 1.807) is 17.9 Å². The molecule has 0 aliphatic carbocycles. The van der Waals surface area contributed by atoms with Gasteiger partial charge in [0.2, 0.25) is 5.91 Å². The first-order chi connectivity index (χ1) is 9.25. The Labute approximate surface area is 122 Å². The Bertz CT molecular complexity index is 437. The summed E-state index contributed by atoms with van der Waals surface area (Å²) in [5.74, 6) is 0.623. The van der Waals surface area contributed by atoms with Gasteiger partial charge in [-0.1, -0.05) is 27.7 Å². The normalized spacial score (nSPS) is 13.6. The number of amides is 1. The van der Waals surface area contributed by atoms with Crippen molar-refractivity contribution in [2.75, 3.05) is 13.6 Å². The van der Waals surface area contributed by atoms with Crippen molar-refractivity contribution in [2.24, 2.45) is 18.4 Å². The quantitative estimate of drug-likeness (QED) is 0.801. The summed E-state index contributed by atoms with van der Waals surface area (Å²) in [6, 6.07) is -0.349. The number of rotatable bonds is 7. The maximum atomic E-state index is 12.3. The third-order valence-corrected chi connectivity index (χ3v) is 3.31. The van der Waals surface area contributed by atoms with Crippen molar-refractivity contribution in [1.29, 1.82) is 0 Å². The Morgan fingerprint density at radius 2 is 2.10 bits per heavy atom. The molecule has 5 nitrogen and oxygen atoms in total.